The number of nitrogens with one attached hydrogen (secondary N) is 2. The number of amides is 1. The Labute approximate surface area is 105 Å². The SMILES string of the molecule is CNC1CCN(CC(=O)Nc2nc(C)cs2)C1. The van der Waals surface area contributed by atoms with Gasteiger partial charge in [-0.15, -0.1) is 11.3 Å². The fourth-order valence-corrected chi connectivity index (χ4v) is 2.69. The van der Waals surface area contributed by atoms with Gasteiger partial charge in [-0.2, -0.15) is 0 Å². The summed E-state index contributed by atoms with van der Waals surface area (Å²) in [6.45, 7) is 4.30. The maximum Gasteiger partial charge on any atom is 0.240 e. The Morgan fingerprint density at radius 2 is 2.53 bits per heavy atom. The molecule has 5 nitrogen and oxygen atoms in total. The molecule has 0 radical (unpaired) electrons. The number of aryl methyl sites for hydroxylation is 1. The fourth-order valence-electron chi connectivity index (χ4n) is 1.99. The lowest BCUT2D eigenvalue weighted by molar-refractivity contribution is -0.117. The maximum absolute atomic E-state index is 11.8. The molecule has 1 unspecified atom stereocenters. The third-order valence-electron chi connectivity index (χ3n) is 2.91. The van der Waals surface area contributed by atoms with Crippen LogP contribution in [-0.2, 0) is 4.79 Å². The first-order chi connectivity index (χ1) is 8.17. The van der Waals surface area contributed by atoms with Gasteiger partial charge in [-0.3, -0.25) is 9.69 Å². The van der Waals surface area contributed by atoms with Gasteiger partial charge in [0.1, 0.15) is 0 Å². The number of aromatic nitrogens is 1. The highest BCUT2D eigenvalue weighted by molar-refractivity contribution is 7.13. The number of nitrogens with zero attached hydrogens (tertiary/aromatic N) is 2. The standard InChI is InChI=1S/C11H18N4OS/c1-8-7-17-11(13-8)14-10(16)6-15-4-3-9(5-15)12-2/h7,9,12H,3-6H2,1-2H3,(H,13,14,16). The van der Waals surface area contributed by atoms with Gasteiger partial charge in [-0.05, 0) is 20.4 Å². The molecule has 2 N–H and O–H groups in total. The molecule has 0 saturated carbocycles. The van der Waals surface area contributed by atoms with Crippen LogP contribution in [0.25, 0.3) is 0 Å². The number of carbonyl (C=O) groups is 1. The van der Waals surface area contributed by atoms with Crippen molar-refractivity contribution in [2.45, 2.75) is 19.4 Å². The third kappa shape index (κ3) is 3.49. The molecule has 0 bridgehead atoms. The Bertz CT molecular complexity index is 393. The number of likely N-dealkylation sites (N-methyl/N-ethyl adjacent to an activating group) is 1. The van der Waals surface area contributed by atoms with E-state index in [-0.39, 0.29) is 5.91 Å². The van der Waals surface area contributed by atoms with Gasteiger partial charge < -0.3 is 10.6 Å². The molecule has 1 aliphatic rings. The van der Waals surface area contributed by atoms with Gasteiger partial charge in [-0.1, -0.05) is 0 Å². The van der Waals surface area contributed by atoms with E-state index in [0.717, 1.165) is 25.2 Å². The summed E-state index contributed by atoms with van der Waals surface area (Å²) in [6, 6.07) is 0.518. The van der Waals surface area contributed by atoms with Gasteiger partial charge in [0.2, 0.25) is 5.91 Å². The van der Waals surface area contributed by atoms with E-state index < -0.39 is 0 Å². The highest BCUT2D eigenvalue weighted by atomic mass is 32.1. The number of anilines is 1. The summed E-state index contributed by atoms with van der Waals surface area (Å²) in [4.78, 5) is 18.1. The zero-order chi connectivity index (χ0) is 12.3. The minimum absolute atomic E-state index is 0.0242. The lowest BCUT2D eigenvalue weighted by Gasteiger charge is -2.14. The molecule has 1 aromatic heterocycles. The molecule has 1 atom stereocenters. The normalized spacial score (nSPS) is 20.7. The van der Waals surface area contributed by atoms with Gasteiger partial charge >= 0.3 is 0 Å². The Morgan fingerprint density at radius 1 is 1.71 bits per heavy atom. The molecule has 1 fully saturated rings. The van der Waals surface area contributed by atoms with Crippen LogP contribution >= 0.6 is 11.3 Å². The lowest BCUT2D eigenvalue weighted by atomic mass is 10.3. The molecule has 0 spiro atoms. The van der Waals surface area contributed by atoms with Crippen LogP contribution in [-0.4, -0.2) is 48.5 Å². The summed E-state index contributed by atoms with van der Waals surface area (Å²) >= 11 is 1.47. The predicted molar refractivity (Wildman–Crippen MR) is 69.4 cm³/mol. The summed E-state index contributed by atoms with van der Waals surface area (Å²) in [6.07, 6.45) is 1.11. The van der Waals surface area contributed by atoms with E-state index in [4.69, 9.17) is 0 Å². The monoisotopic (exact) mass is 254 g/mol. The molecule has 94 valence electrons. The van der Waals surface area contributed by atoms with E-state index in [2.05, 4.69) is 20.5 Å². The van der Waals surface area contributed by atoms with Crippen molar-refractivity contribution in [1.82, 2.24) is 15.2 Å². The highest BCUT2D eigenvalue weighted by Crippen LogP contribution is 2.14. The number of rotatable bonds is 4. The Morgan fingerprint density at radius 3 is 3.12 bits per heavy atom. The molecule has 1 aliphatic heterocycles. The molecule has 0 aliphatic carbocycles. The molecular formula is C11H18N4OS. The third-order valence-corrected chi connectivity index (χ3v) is 3.79. The second kappa shape index (κ2) is 5.57. The van der Waals surface area contributed by atoms with Crippen molar-refractivity contribution in [1.29, 1.82) is 0 Å². The van der Waals surface area contributed by atoms with E-state index in [1.165, 1.54) is 11.3 Å². The van der Waals surface area contributed by atoms with E-state index in [9.17, 15) is 4.79 Å². The van der Waals surface area contributed by atoms with Crippen molar-refractivity contribution in [3.05, 3.63) is 11.1 Å². The Kier molecular flexibility index (Phi) is 4.09. The van der Waals surface area contributed by atoms with Gasteiger partial charge in [0, 0.05) is 24.5 Å². The van der Waals surface area contributed by atoms with E-state index in [1.807, 2.05) is 19.4 Å². The topological polar surface area (TPSA) is 57.3 Å². The molecule has 2 heterocycles. The first-order valence-corrected chi connectivity index (χ1v) is 6.67. The Balaban J connectivity index is 1.78. The van der Waals surface area contributed by atoms with Crippen LogP contribution in [0.5, 0.6) is 0 Å². The number of thiazole rings is 1. The molecule has 0 aromatic carbocycles. The molecule has 1 aromatic rings. The minimum atomic E-state index is 0.0242. The zero-order valence-corrected chi connectivity index (χ0v) is 11.0. The largest absolute Gasteiger partial charge is 0.316 e. The van der Waals surface area contributed by atoms with Crippen LogP contribution in [0.4, 0.5) is 5.13 Å². The van der Waals surface area contributed by atoms with Gasteiger partial charge in [0.15, 0.2) is 5.13 Å². The van der Waals surface area contributed by atoms with Crippen molar-refractivity contribution in [2.24, 2.45) is 0 Å². The van der Waals surface area contributed by atoms with Crippen molar-refractivity contribution >= 4 is 22.4 Å². The molecule has 1 amide bonds. The minimum Gasteiger partial charge on any atom is -0.316 e. The van der Waals surface area contributed by atoms with E-state index in [0.29, 0.717) is 17.7 Å². The smallest absolute Gasteiger partial charge is 0.240 e. The van der Waals surface area contributed by atoms with Crippen LogP contribution in [0.15, 0.2) is 5.38 Å². The molecule has 1 saturated heterocycles. The van der Waals surface area contributed by atoms with Gasteiger partial charge in [0.25, 0.3) is 0 Å². The summed E-state index contributed by atoms with van der Waals surface area (Å²) in [5.41, 5.74) is 0.946. The predicted octanol–water partition coefficient (Wildman–Crippen LogP) is 0.684. The van der Waals surface area contributed by atoms with Crippen molar-refractivity contribution in [3.8, 4) is 0 Å². The summed E-state index contributed by atoms with van der Waals surface area (Å²) in [5.74, 6) is 0.0242. The number of carbonyl (C=O) groups excluding carboxylic acids is 1. The highest BCUT2D eigenvalue weighted by Gasteiger charge is 2.22. The number of likely N-dealkylation sites (tertiary alicyclic amines) is 1. The molecule has 2 rings (SSSR count). The van der Waals surface area contributed by atoms with Gasteiger partial charge in [0.05, 0.1) is 12.2 Å². The second-order valence-corrected chi connectivity index (χ2v) is 5.21. The van der Waals surface area contributed by atoms with Crippen LogP contribution in [0.2, 0.25) is 0 Å². The van der Waals surface area contributed by atoms with Crippen LogP contribution in [0.1, 0.15) is 12.1 Å². The van der Waals surface area contributed by atoms with Crippen LogP contribution in [0, 0.1) is 6.92 Å². The molecule has 6 heteroatoms. The van der Waals surface area contributed by atoms with E-state index >= 15 is 0 Å². The van der Waals surface area contributed by atoms with Gasteiger partial charge in [-0.25, -0.2) is 4.98 Å². The molecule has 17 heavy (non-hydrogen) atoms. The van der Waals surface area contributed by atoms with E-state index in [1.54, 1.807) is 0 Å². The first-order valence-electron chi connectivity index (χ1n) is 5.79. The molecular weight excluding hydrogens is 236 g/mol. The Hall–Kier alpha value is -0.980. The summed E-state index contributed by atoms with van der Waals surface area (Å²) < 4.78 is 0. The summed E-state index contributed by atoms with van der Waals surface area (Å²) in [7, 11) is 1.96. The van der Waals surface area contributed by atoms with Crippen LogP contribution < -0.4 is 10.6 Å². The van der Waals surface area contributed by atoms with Crippen molar-refractivity contribution < 1.29 is 4.79 Å². The zero-order valence-electron chi connectivity index (χ0n) is 10.2. The maximum atomic E-state index is 11.8. The number of hydrogen-bond donors (Lipinski definition) is 2. The average molecular weight is 254 g/mol. The quantitative estimate of drug-likeness (QED) is 0.830. The lowest BCUT2D eigenvalue weighted by Crippen LogP contribution is -2.34. The van der Waals surface area contributed by atoms with Crippen molar-refractivity contribution in [3.63, 3.8) is 0 Å². The second-order valence-electron chi connectivity index (χ2n) is 4.35. The number of hydrogen-bond acceptors (Lipinski definition) is 5. The average Bonchev–Trinajstić information content (AvgIpc) is 2.88. The van der Waals surface area contributed by atoms with Crippen LogP contribution in [0.3, 0.4) is 0 Å². The van der Waals surface area contributed by atoms with Crippen molar-refractivity contribution in [2.75, 3.05) is 32.0 Å². The summed E-state index contributed by atoms with van der Waals surface area (Å²) in [5, 5.41) is 8.69. The fraction of sp³-hybridized carbons (Fsp3) is 0.636. The first kappa shape index (κ1) is 12.5.